The Morgan fingerprint density at radius 2 is 1.43 bits per heavy atom. The average molecular weight is 558 g/mol. The number of unbranched alkanes of at least 4 members (excludes halogenated alkanes) is 2. The third-order valence-electron chi connectivity index (χ3n) is 5.98. The van der Waals surface area contributed by atoms with Crippen LogP contribution in [0.2, 0.25) is 0 Å². The lowest BCUT2D eigenvalue weighted by Gasteiger charge is -2.19. The maximum Gasteiger partial charge on any atom is 0.426 e. The van der Waals surface area contributed by atoms with Crippen LogP contribution in [-0.2, 0) is 12.5 Å². The molecule has 9 heteroatoms. The lowest BCUT2D eigenvalue weighted by molar-refractivity contribution is -0.185. The van der Waals surface area contributed by atoms with Crippen molar-refractivity contribution in [3.05, 3.63) is 118 Å². The molecular formula is C31H22F7NO. The number of benzene rings is 3. The van der Waals surface area contributed by atoms with Crippen LogP contribution in [0.1, 0.15) is 48.6 Å². The molecule has 0 saturated carbocycles. The van der Waals surface area contributed by atoms with E-state index in [1.54, 1.807) is 12.3 Å². The lowest BCUT2D eigenvalue weighted by Crippen LogP contribution is -2.22. The summed E-state index contributed by atoms with van der Waals surface area (Å²) in [7, 11) is 0. The summed E-state index contributed by atoms with van der Waals surface area (Å²) < 4.78 is 103. The molecule has 0 spiro atoms. The van der Waals surface area contributed by atoms with E-state index in [0.717, 1.165) is 43.4 Å². The molecule has 2 nitrogen and oxygen atoms in total. The second-order valence-corrected chi connectivity index (χ2v) is 8.97. The second-order valence-electron chi connectivity index (χ2n) is 8.97. The molecule has 4 rings (SSSR count). The highest BCUT2D eigenvalue weighted by molar-refractivity contribution is 5.66. The number of ether oxygens (including phenoxy) is 1. The van der Waals surface area contributed by atoms with Crippen LogP contribution >= 0.6 is 0 Å². The van der Waals surface area contributed by atoms with Crippen molar-refractivity contribution < 1.29 is 35.5 Å². The summed E-state index contributed by atoms with van der Waals surface area (Å²) in [6.45, 7) is 2.13. The molecule has 0 bridgehead atoms. The monoisotopic (exact) mass is 557 g/mol. The van der Waals surface area contributed by atoms with Gasteiger partial charge in [-0.15, -0.1) is 0 Å². The van der Waals surface area contributed by atoms with Crippen LogP contribution < -0.4 is 4.74 Å². The largest absolute Gasteiger partial charge is 0.429 e. The van der Waals surface area contributed by atoms with Gasteiger partial charge in [0.05, 0.1) is 11.1 Å². The van der Waals surface area contributed by atoms with Crippen molar-refractivity contribution in [1.29, 1.82) is 0 Å². The van der Waals surface area contributed by atoms with Gasteiger partial charge in [0.15, 0.2) is 17.5 Å². The highest BCUT2D eigenvalue weighted by Crippen LogP contribution is 2.36. The fraction of sp³-hybridized carbons (Fsp3) is 0.194. The zero-order valence-corrected chi connectivity index (χ0v) is 21.2. The van der Waals surface area contributed by atoms with Crippen LogP contribution in [0.15, 0.2) is 66.9 Å². The minimum absolute atomic E-state index is 0.388. The number of halogens is 7. The zero-order valence-electron chi connectivity index (χ0n) is 21.2. The molecule has 0 N–H and O–H groups in total. The normalized spacial score (nSPS) is 11.2. The Hall–Kier alpha value is -4.32. The fourth-order valence-electron chi connectivity index (χ4n) is 3.90. The Balaban J connectivity index is 1.47. The summed E-state index contributed by atoms with van der Waals surface area (Å²) in [4.78, 5) is 4.30. The molecule has 206 valence electrons. The first-order valence-corrected chi connectivity index (χ1v) is 12.4. The van der Waals surface area contributed by atoms with E-state index in [1.165, 1.54) is 12.1 Å². The third-order valence-corrected chi connectivity index (χ3v) is 5.98. The number of rotatable bonds is 8. The number of pyridine rings is 1. The maximum atomic E-state index is 14.8. The van der Waals surface area contributed by atoms with E-state index in [2.05, 4.69) is 28.5 Å². The van der Waals surface area contributed by atoms with Crippen LogP contribution in [0.25, 0.3) is 11.1 Å². The highest BCUT2D eigenvalue weighted by Gasteiger charge is 2.35. The number of alkyl halides is 2. The molecule has 0 amide bonds. The van der Waals surface area contributed by atoms with Crippen molar-refractivity contribution in [2.24, 2.45) is 0 Å². The first-order chi connectivity index (χ1) is 19.1. The van der Waals surface area contributed by atoms with Gasteiger partial charge in [-0.3, -0.25) is 0 Å². The predicted molar refractivity (Wildman–Crippen MR) is 136 cm³/mol. The van der Waals surface area contributed by atoms with Crippen LogP contribution in [0.3, 0.4) is 0 Å². The van der Waals surface area contributed by atoms with E-state index in [4.69, 9.17) is 0 Å². The van der Waals surface area contributed by atoms with Crippen LogP contribution in [0.5, 0.6) is 5.75 Å². The van der Waals surface area contributed by atoms with Crippen LogP contribution in [0.4, 0.5) is 30.7 Å². The summed E-state index contributed by atoms with van der Waals surface area (Å²) in [5.74, 6) is -3.20. The molecule has 0 unspecified atom stereocenters. The van der Waals surface area contributed by atoms with E-state index in [0.29, 0.717) is 35.5 Å². The Kier molecular flexibility index (Phi) is 8.78. The van der Waals surface area contributed by atoms with Crippen molar-refractivity contribution in [3.63, 3.8) is 0 Å². The van der Waals surface area contributed by atoms with Crippen molar-refractivity contribution in [1.82, 2.24) is 4.98 Å². The topological polar surface area (TPSA) is 22.1 Å². The maximum absolute atomic E-state index is 14.8. The van der Waals surface area contributed by atoms with E-state index < -0.39 is 57.6 Å². The summed E-state index contributed by atoms with van der Waals surface area (Å²) in [6, 6.07) is 10.2. The van der Waals surface area contributed by atoms with E-state index >= 15 is 0 Å². The smallest absolute Gasteiger partial charge is 0.426 e. The minimum atomic E-state index is -3.99. The van der Waals surface area contributed by atoms with Gasteiger partial charge in [0, 0.05) is 23.9 Å². The minimum Gasteiger partial charge on any atom is -0.429 e. The van der Waals surface area contributed by atoms with Gasteiger partial charge < -0.3 is 4.74 Å². The number of aryl methyl sites for hydroxylation is 1. The molecule has 40 heavy (non-hydrogen) atoms. The highest BCUT2D eigenvalue weighted by atomic mass is 19.3. The number of aromatic nitrogens is 1. The van der Waals surface area contributed by atoms with Crippen LogP contribution in [0, 0.1) is 40.9 Å². The zero-order chi connectivity index (χ0) is 28.9. The summed E-state index contributed by atoms with van der Waals surface area (Å²) in [6.07, 6.45) is 2.05. The van der Waals surface area contributed by atoms with Gasteiger partial charge in [-0.1, -0.05) is 31.8 Å². The molecule has 0 fully saturated rings. The van der Waals surface area contributed by atoms with Crippen molar-refractivity contribution >= 4 is 0 Å². The predicted octanol–water partition coefficient (Wildman–Crippen LogP) is 8.70. The molecule has 0 radical (unpaired) electrons. The van der Waals surface area contributed by atoms with E-state index in [1.807, 2.05) is 6.07 Å². The second kappa shape index (κ2) is 12.2. The first-order valence-electron chi connectivity index (χ1n) is 12.4. The lowest BCUT2D eigenvalue weighted by atomic mass is 10.0. The van der Waals surface area contributed by atoms with Gasteiger partial charge in [0.25, 0.3) is 0 Å². The molecule has 0 aliphatic carbocycles. The molecule has 0 aliphatic heterocycles. The van der Waals surface area contributed by atoms with Gasteiger partial charge in [-0.2, -0.15) is 8.78 Å². The average Bonchev–Trinajstić information content (AvgIpc) is 2.91. The quantitative estimate of drug-likeness (QED) is 0.0936. The van der Waals surface area contributed by atoms with Crippen molar-refractivity contribution in [3.8, 4) is 28.7 Å². The number of hydrogen-bond acceptors (Lipinski definition) is 2. The number of hydrogen-bond donors (Lipinski definition) is 0. The van der Waals surface area contributed by atoms with Crippen molar-refractivity contribution in [2.45, 2.75) is 38.7 Å². The van der Waals surface area contributed by atoms with Gasteiger partial charge in [-0.05, 0) is 72.4 Å². The molecule has 0 saturated heterocycles. The van der Waals surface area contributed by atoms with E-state index in [-0.39, 0.29) is 0 Å². The molecule has 4 aromatic rings. The Labute approximate surface area is 226 Å². The summed E-state index contributed by atoms with van der Waals surface area (Å²) in [5.41, 5.74) is -0.140. The molecule has 3 aromatic carbocycles. The number of nitrogens with zero attached hydrogens (tertiary/aromatic N) is 1. The van der Waals surface area contributed by atoms with Gasteiger partial charge in [0.1, 0.15) is 23.1 Å². The Morgan fingerprint density at radius 3 is 2.00 bits per heavy atom. The molecule has 0 atom stereocenters. The molecule has 0 aliphatic rings. The summed E-state index contributed by atoms with van der Waals surface area (Å²) >= 11 is 0. The Bertz CT molecular complexity index is 1510. The third kappa shape index (κ3) is 6.81. The first kappa shape index (κ1) is 28.7. The molecular weight excluding hydrogens is 535 g/mol. The van der Waals surface area contributed by atoms with Gasteiger partial charge in [0.2, 0.25) is 0 Å². The van der Waals surface area contributed by atoms with Crippen molar-refractivity contribution in [2.75, 3.05) is 0 Å². The van der Waals surface area contributed by atoms with Gasteiger partial charge in [-0.25, -0.2) is 26.9 Å². The Morgan fingerprint density at radius 1 is 0.775 bits per heavy atom. The molecule has 1 heterocycles. The molecule has 1 aromatic heterocycles. The van der Waals surface area contributed by atoms with Gasteiger partial charge >= 0.3 is 6.11 Å². The summed E-state index contributed by atoms with van der Waals surface area (Å²) in [5, 5.41) is 0. The standard InChI is InChI=1S/C31H22F7NO/c1-2-3-4-5-20-9-13-23(39-18-20)12-8-19-6-10-22(11-7-19)31(37,38)40-24-16-25(32)29(26(33)17-24)21-14-27(34)30(36)28(35)15-21/h6-7,9-11,13-18H,2-5H2,1H3. The van der Waals surface area contributed by atoms with E-state index in [9.17, 15) is 30.7 Å². The fourth-order valence-corrected chi connectivity index (χ4v) is 3.90. The SMILES string of the molecule is CCCCCc1ccc(C#Cc2ccc(C(F)(F)Oc3cc(F)c(-c4cc(F)c(F)c(F)c4)c(F)c3)cc2)nc1. The van der Waals surface area contributed by atoms with Crippen LogP contribution in [-0.4, -0.2) is 4.98 Å².